The molecule has 114 valence electrons. The number of rotatable bonds is 9. The van der Waals surface area contributed by atoms with Crippen molar-refractivity contribution >= 4 is 10.0 Å². The first-order valence-electron chi connectivity index (χ1n) is 7.79. The zero-order valence-electron chi connectivity index (χ0n) is 12.5. The third kappa shape index (κ3) is 6.72. The normalized spacial score (nSPS) is 19.5. The second-order valence-corrected chi connectivity index (χ2v) is 7.47. The summed E-state index contributed by atoms with van der Waals surface area (Å²) in [6, 6.07) is 0.136. The third-order valence-electron chi connectivity index (χ3n) is 3.96. The largest absolute Gasteiger partial charge is 0.316 e. The van der Waals surface area contributed by atoms with Crippen LogP contribution < -0.4 is 10.0 Å². The van der Waals surface area contributed by atoms with Crippen molar-refractivity contribution in [3.63, 3.8) is 0 Å². The molecule has 0 aromatic rings. The summed E-state index contributed by atoms with van der Waals surface area (Å²) < 4.78 is 27.0. The summed E-state index contributed by atoms with van der Waals surface area (Å²) >= 11 is 0. The number of nitrogens with one attached hydrogen (secondary N) is 2. The van der Waals surface area contributed by atoms with Gasteiger partial charge in [0.05, 0.1) is 5.75 Å². The van der Waals surface area contributed by atoms with Gasteiger partial charge in [0.1, 0.15) is 0 Å². The van der Waals surface area contributed by atoms with Gasteiger partial charge in [-0.05, 0) is 38.1 Å². The highest BCUT2D eigenvalue weighted by Gasteiger charge is 2.25. The van der Waals surface area contributed by atoms with E-state index in [9.17, 15) is 8.42 Å². The van der Waals surface area contributed by atoms with E-state index >= 15 is 0 Å². The van der Waals surface area contributed by atoms with E-state index in [2.05, 4.69) is 23.9 Å². The number of hydrogen-bond acceptors (Lipinski definition) is 3. The monoisotopic (exact) mass is 290 g/mol. The summed E-state index contributed by atoms with van der Waals surface area (Å²) in [7, 11) is -3.14. The summed E-state index contributed by atoms with van der Waals surface area (Å²) in [6.45, 7) is 5.59. The lowest BCUT2D eigenvalue weighted by Crippen LogP contribution is -2.43. The SMILES string of the molecule is CCCNCCS(=O)(=O)NC(CC)C1CCCCC1. The van der Waals surface area contributed by atoms with Gasteiger partial charge in [-0.2, -0.15) is 0 Å². The first-order chi connectivity index (χ1) is 9.09. The van der Waals surface area contributed by atoms with E-state index in [-0.39, 0.29) is 11.8 Å². The molecule has 4 nitrogen and oxygen atoms in total. The highest BCUT2D eigenvalue weighted by atomic mass is 32.2. The fourth-order valence-corrected chi connectivity index (χ4v) is 4.20. The summed E-state index contributed by atoms with van der Waals surface area (Å²) in [6.07, 6.45) is 8.09. The summed E-state index contributed by atoms with van der Waals surface area (Å²) in [5.41, 5.74) is 0. The average Bonchev–Trinajstić information content (AvgIpc) is 2.42. The maximum atomic E-state index is 12.1. The van der Waals surface area contributed by atoms with E-state index in [0.717, 1.165) is 19.4 Å². The second-order valence-electron chi connectivity index (χ2n) is 5.60. The van der Waals surface area contributed by atoms with E-state index in [1.165, 1.54) is 32.1 Å². The molecule has 19 heavy (non-hydrogen) atoms. The van der Waals surface area contributed by atoms with Crippen LogP contribution >= 0.6 is 0 Å². The van der Waals surface area contributed by atoms with Crippen LogP contribution in [0, 0.1) is 5.92 Å². The minimum Gasteiger partial charge on any atom is -0.316 e. The van der Waals surface area contributed by atoms with Gasteiger partial charge in [0, 0.05) is 12.6 Å². The van der Waals surface area contributed by atoms with Gasteiger partial charge in [-0.15, -0.1) is 0 Å². The van der Waals surface area contributed by atoms with Crippen LogP contribution in [0.3, 0.4) is 0 Å². The molecule has 0 saturated heterocycles. The molecule has 0 bridgehead atoms. The van der Waals surface area contributed by atoms with Crippen LogP contribution in [0.5, 0.6) is 0 Å². The topological polar surface area (TPSA) is 58.2 Å². The maximum absolute atomic E-state index is 12.1. The first kappa shape index (κ1) is 16.9. The second kappa shape index (κ2) is 8.93. The Labute approximate surface area is 118 Å². The van der Waals surface area contributed by atoms with Crippen LogP contribution in [-0.2, 0) is 10.0 Å². The van der Waals surface area contributed by atoms with E-state index in [0.29, 0.717) is 12.5 Å². The van der Waals surface area contributed by atoms with Crippen molar-refractivity contribution < 1.29 is 8.42 Å². The predicted molar refractivity (Wildman–Crippen MR) is 80.7 cm³/mol. The molecule has 1 aliphatic carbocycles. The third-order valence-corrected chi connectivity index (χ3v) is 5.37. The van der Waals surface area contributed by atoms with Gasteiger partial charge in [0.2, 0.25) is 10.0 Å². The van der Waals surface area contributed by atoms with Crippen LogP contribution in [0.2, 0.25) is 0 Å². The molecule has 0 aromatic heterocycles. The summed E-state index contributed by atoms with van der Waals surface area (Å²) in [4.78, 5) is 0. The number of sulfonamides is 1. The van der Waals surface area contributed by atoms with Gasteiger partial charge in [-0.3, -0.25) is 0 Å². The van der Waals surface area contributed by atoms with Gasteiger partial charge in [-0.1, -0.05) is 33.1 Å². The van der Waals surface area contributed by atoms with Crippen molar-refractivity contribution in [2.45, 2.75) is 64.8 Å². The standard InChI is InChI=1S/C14H30N2O2S/c1-3-10-15-11-12-19(17,18)16-14(4-2)13-8-6-5-7-9-13/h13-16H,3-12H2,1-2H3. The summed E-state index contributed by atoms with van der Waals surface area (Å²) in [5.74, 6) is 0.730. The van der Waals surface area contributed by atoms with Crippen molar-refractivity contribution in [3.8, 4) is 0 Å². The van der Waals surface area contributed by atoms with Gasteiger partial charge < -0.3 is 5.32 Å². The Bertz CT molecular complexity index is 324. The minimum absolute atomic E-state index is 0.136. The first-order valence-corrected chi connectivity index (χ1v) is 9.45. The van der Waals surface area contributed by atoms with Crippen LogP contribution in [-0.4, -0.2) is 33.3 Å². The fraction of sp³-hybridized carbons (Fsp3) is 1.00. The Morgan fingerprint density at radius 2 is 1.79 bits per heavy atom. The molecule has 0 radical (unpaired) electrons. The highest BCUT2D eigenvalue weighted by molar-refractivity contribution is 7.89. The molecule has 0 aromatic carbocycles. The van der Waals surface area contributed by atoms with Crippen molar-refractivity contribution in [1.82, 2.24) is 10.0 Å². The van der Waals surface area contributed by atoms with Crippen molar-refractivity contribution in [2.75, 3.05) is 18.8 Å². The Morgan fingerprint density at radius 3 is 2.37 bits per heavy atom. The molecule has 0 aliphatic heterocycles. The molecule has 0 heterocycles. The van der Waals surface area contributed by atoms with Crippen molar-refractivity contribution in [3.05, 3.63) is 0 Å². The van der Waals surface area contributed by atoms with Gasteiger partial charge >= 0.3 is 0 Å². The molecule has 1 fully saturated rings. The predicted octanol–water partition coefficient (Wildman–Crippen LogP) is 2.26. The van der Waals surface area contributed by atoms with Crippen LogP contribution in [0.1, 0.15) is 58.8 Å². The molecule has 1 atom stereocenters. The zero-order valence-corrected chi connectivity index (χ0v) is 13.3. The molecule has 2 N–H and O–H groups in total. The fourth-order valence-electron chi connectivity index (χ4n) is 2.85. The molecule has 0 spiro atoms. The lowest BCUT2D eigenvalue weighted by Gasteiger charge is -2.30. The lowest BCUT2D eigenvalue weighted by atomic mass is 9.83. The zero-order chi connectivity index (χ0) is 14.1. The lowest BCUT2D eigenvalue weighted by molar-refractivity contribution is 0.285. The van der Waals surface area contributed by atoms with Gasteiger partial charge in [0.25, 0.3) is 0 Å². The number of hydrogen-bond donors (Lipinski definition) is 2. The Morgan fingerprint density at radius 1 is 1.11 bits per heavy atom. The quantitative estimate of drug-likeness (QED) is 0.640. The van der Waals surface area contributed by atoms with E-state index < -0.39 is 10.0 Å². The molecule has 1 aliphatic rings. The highest BCUT2D eigenvalue weighted by Crippen LogP contribution is 2.27. The van der Waals surface area contributed by atoms with E-state index in [1.807, 2.05) is 0 Å². The molecule has 5 heteroatoms. The van der Waals surface area contributed by atoms with Crippen LogP contribution in [0.25, 0.3) is 0 Å². The molecule has 0 amide bonds. The van der Waals surface area contributed by atoms with Crippen LogP contribution in [0.4, 0.5) is 0 Å². The molecular formula is C14H30N2O2S. The van der Waals surface area contributed by atoms with Crippen molar-refractivity contribution in [2.24, 2.45) is 5.92 Å². The van der Waals surface area contributed by atoms with Gasteiger partial charge in [0.15, 0.2) is 0 Å². The van der Waals surface area contributed by atoms with Crippen molar-refractivity contribution in [1.29, 1.82) is 0 Å². The molecular weight excluding hydrogens is 260 g/mol. The smallest absolute Gasteiger partial charge is 0.213 e. The molecule has 1 rings (SSSR count). The maximum Gasteiger partial charge on any atom is 0.213 e. The summed E-state index contributed by atoms with van der Waals surface area (Å²) in [5, 5.41) is 3.14. The Hall–Kier alpha value is -0.130. The van der Waals surface area contributed by atoms with E-state index in [4.69, 9.17) is 0 Å². The molecule has 1 saturated carbocycles. The Balaban J connectivity index is 2.39. The molecule has 1 unspecified atom stereocenters. The van der Waals surface area contributed by atoms with Gasteiger partial charge in [-0.25, -0.2) is 13.1 Å². The van der Waals surface area contributed by atoms with Crippen LogP contribution in [0.15, 0.2) is 0 Å². The Kier molecular flexibility index (Phi) is 7.95. The minimum atomic E-state index is -3.14. The van der Waals surface area contributed by atoms with E-state index in [1.54, 1.807) is 0 Å². The average molecular weight is 290 g/mol.